The van der Waals surface area contributed by atoms with Crippen LogP contribution in [-0.4, -0.2) is 42.1 Å². The summed E-state index contributed by atoms with van der Waals surface area (Å²) >= 11 is 6.82. The van der Waals surface area contributed by atoms with E-state index < -0.39 is 5.97 Å². The molecule has 0 fully saturated rings. The zero-order valence-corrected chi connectivity index (χ0v) is 14.0. The lowest BCUT2D eigenvalue weighted by molar-refractivity contribution is 0.0393. The van der Waals surface area contributed by atoms with Crippen molar-refractivity contribution in [2.75, 3.05) is 26.2 Å². The third-order valence-corrected chi connectivity index (χ3v) is 4.54. The summed E-state index contributed by atoms with van der Waals surface area (Å²) in [6, 6.07) is 0. The summed E-state index contributed by atoms with van der Waals surface area (Å²) in [4.78, 5) is 32.3. The molecule has 0 aromatic carbocycles. The van der Waals surface area contributed by atoms with Crippen molar-refractivity contribution in [2.24, 2.45) is 0 Å². The highest BCUT2D eigenvalue weighted by atomic mass is 35.5. The van der Waals surface area contributed by atoms with Crippen molar-refractivity contribution >= 4 is 39.1 Å². The van der Waals surface area contributed by atoms with E-state index >= 15 is 0 Å². The van der Waals surface area contributed by atoms with E-state index in [1.807, 2.05) is 0 Å². The third-order valence-electron chi connectivity index (χ3n) is 3.10. The minimum absolute atomic E-state index is 0.174. The van der Waals surface area contributed by atoms with E-state index in [-0.39, 0.29) is 12.2 Å². The predicted octanol–water partition coefficient (Wildman–Crippen LogP) is 2.27. The normalized spacial score (nSPS) is 11.0. The maximum absolute atomic E-state index is 12.2. The number of carbonyl (C=O) groups is 1. The second-order valence-electron chi connectivity index (χ2n) is 4.67. The van der Waals surface area contributed by atoms with Crippen LogP contribution in [0.4, 0.5) is 0 Å². The number of halogens is 1. The highest BCUT2D eigenvalue weighted by Crippen LogP contribution is 2.27. The van der Waals surface area contributed by atoms with Gasteiger partial charge in [0.2, 0.25) is 0 Å². The largest absolute Gasteiger partial charge is 0.459 e. The van der Waals surface area contributed by atoms with Crippen molar-refractivity contribution in [3.05, 3.63) is 26.6 Å². The molecule has 0 bridgehead atoms. The average Bonchev–Trinajstić information content (AvgIpc) is 2.83. The Morgan fingerprint density at radius 2 is 2.18 bits per heavy atom. The number of alkyl halides is 1. The van der Waals surface area contributed by atoms with Crippen molar-refractivity contribution in [2.45, 2.75) is 19.8 Å². The number of aromatic nitrogens is 2. The second kappa shape index (κ2) is 7.71. The standard InChI is InChI=1S/C14H17ClN2O4S/c1-8-10-12(18)16-9(4-3-5-15)17-13(10)22-11(8)14(19)21-7-6-20-2/h3-7H2,1-2H3,(H,16,17,18). The predicted molar refractivity (Wildman–Crippen MR) is 86.2 cm³/mol. The topological polar surface area (TPSA) is 81.3 Å². The maximum Gasteiger partial charge on any atom is 0.348 e. The Morgan fingerprint density at radius 1 is 1.41 bits per heavy atom. The van der Waals surface area contributed by atoms with E-state index in [0.717, 1.165) is 6.42 Å². The molecule has 2 aromatic rings. The quantitative estimate of drug-likeness (QED) is 0.473. The highest BCUT2D eigenvalue weighted by Gasteiger charge is 2.20. The Balaban J connectivity index is 2.33. The van der Waals surface area contributed by atoms with Crippen LogP contribution >= 0.6 is 22.9 Å². The van der Waals surface area contributed by atoms with Gasteiger partial charge in [0, 0.05) is 19.4 Å². The second-order valence-corrected chi connectivity index (χ2v) is 6.05. The Morgan fingerprint density at radius 3 is 2.86 bits per heavy atom. The van der Waals surface area contributed by atoms with Gasteiger partial charge in [-0.1, -0.05) is 0 Å². The maximum atomic E-state index is 12.2. The molecule has 0 spiro atoms. The summed E-state index contributed by atoms with van der Waals surface area (Å²) in [6.07, 6.45) is 1.32. The number of rotatable bonds is 7. The number of H-pyrrole nitrogens is 1. The first-order valence-electron chi connectivity index (χ1n) is 6.82. The Labute approximate surface area is 136 Å². The minimum atomic E-state index is -0.459. The Bertz CT molecular complexity index is 725. The molecule has 1 N–H and O–H groups in total. The number of hydrogen-bond donors (Lipinski definition) is 1. The lowest BCUT2D eigenvalue weighted by Crippen LogP contribution is -2.12. The van der Waals surface area contributed by atoms with Crippen LogP contribution in [0.3, 0.4) is 0 Å². The van der Waals surface area contributed by atoms with Crippen LogP contribution in [0.5, 0.6) is 0 Å². The number of carbonyl (C=O) groups excluding carboxylic acids is 1. The fourth-order valence-corrected chi connectivity index (χ4v) is 3.25. The molecule has 2 heterocycles. The summed E-state index contributed by atoms with van der Waals surface area (Å²) < 4.78 is 9.94. The van der Waals surface area contributed by atoms with E-state index in [0.29, 0.717) is 45.4 Å². The Kier molecular flexibility index (Phi) is 5.93. The molecule has 0 amide bonds. The molecular weight excluding hydrogens is 328 g/mol. The van der Waals surface area contributed by atoms with Gasteiger partial charge in [0.15, 0.2) is 0 Å². The average molecular weight is 345 g/mol. The van der Waals surface area contributed by atoms with Gasteiger partial charge in [-0.15, -0.1) is 22.9 Å². The van der Waals surface area contributed by atoms with Crippen LogP contribution in [0, 0.1) is 6.92 Å². The molecule has 0 aliphatic rings. The number of thiophene rings is 1. The molecule has 6 nitrogen and oxygen atoms in total. The third kappa shape index (κ3) is 3.66. The molecular formula is C14H17ClN2O4S. The number of hydrogen-bond acceptors (Lipinski definition) is 6. The van der Waals surface area contributed by atoms with E-state index in [2.05, 4.69) is 9.97 Å². The summed E-state index contributed by atoms with van der Waals surface area (Å²) in [5.74, 6) is 0.625. The number of ether oxygens (including phenoxy) is 2. The number of methoxy groups -OCH3 is 1. The van der Waals surface area contributed by atoms with Gasteiger partial charge >= 0.3 is 5.97 Å². The van der Waals surface area contributed by atoms with Gasteiger partial charge in [0.05, 0.1) is 12.0 Å². The number of nitrogens with one attached hydrogen (secondary N) is 1. The van der Waals surface area contributed by atoms with Gasteiger partial charge in [-0.2, -0.15) is 0 Å². The summed E-state index contributed by atoms with van der Waals surface area (Å²) in [5, 5.41) is 0.443. The fraction of sp³-hybridized carbons (Fsp3) is 0.500. The minimum Gasteiger partial charge on any atom is -0.459 e. The van der Waals surface area contributed by atoms with E-state index in [4.69, 9.17) is 21.1 Å². The molecule has 0 aliphatic carbocycles. The summed E-state index contributed by atoms with van der Waals surface area (Å²) in [6.45, 7) is 2.23. The monoisotopic (exact) mass is 344 g/mol. The zero-order valence-electron chi connectivity index (χ0n) is 12.4. The van der Waals surface area contributed by atoms with Crippen molar-refractivity contribution in [3.63, 3.8) is 0 Å². The van der Waals surface area contributed by atoms with Crippen LogP contribution < -0.4 is 5.56 Å². The van der Waals surface area contributed by atoms with Crippen molar-refractivity contribution in [1.29, 1.82) is 0 Å². The van der Waals surface area contributed by atoms with E-state index in [9.17, 15) is 9.59 Å². The van der Waals surface area contributed by atoms with Gasteiger partial charge in [0.1, 0.15) is 22.1 Å². The van der Waals surface area contributed by atoms with Gasteiger partial charge < -0.3 is 14.5 Å². The van der Waals surface area contributed by atoms with Crippen molar-refractivity contribution < 1.29 is 14.3 Å². The first-order valence-corrected chi connectivity index (χ1v) is 8.18. The number of aryl methyl sites for hydroxylation is 2. The molecule has 0 unspecified atom stereocenters. The van der Waals surface area contributed by atoms with Crippen LogP contribution in [-0.2, 0) is 15.9 Å². The first-order chi connectivity index (χ1) is 10.6. The van der Waals surface area contributed by atoms with E-state index in [1.54, 1.807) is 6.92 Å². The smallest absolute Gasteiger partial charge is 0.348 e. The lowest BCUT2D eigenvalue weighted by Gasteiger charge is -2.02. The van der Waals surface area contributed by atoms with Gasteiger partial charge in [0.25, 0.3) is 5.56 Å². The molecule has 2 aromatic heterocycles. The SMILES string of the molecule is COCCOC(=O)c1sc2nc(CCCCl)[nH]c(=O)c2c1C. The fourth-order valence-electron chi connectivity index (χ4n) is 2.02. The molecule has 0 atom stereocenters. The van der Waals surface area contributed by atoms with Crippen LogP contribution in [0.2, 0.25) is 0 Å². The molecule has 0 saturated carbocycles. The first kappa shape index (κ1) is 16.9. The molecule has 2 rings (SSSR count). The molecule has 8 heteroatoms. The lowest BCUT2D eigenvalue weighted by atomic mass is 10.2. The summed E-state index contributed by atoms with van der Waals surface area (Å²) in [7, 11) is 1.53. The van der Waals surface area contributed by atoms with Crippen molar-refractivity contribution in [1.82, 2.24) is 9.97 Å². The number of esters is 1. The van der Waals surface area contributed by atoms with Crippen molar-refractivity contribution in [3.8, 4) is 0 Å². The summed E-state index contributed by atoms with van der Waals surface area (Å²) in [5.41, 5.74) is 0.360. The Hall–Kier alpha value is -1.44. The molecule has 22 heavy (non-hydrogen) atoms. The number of nitrogens with zero attached hydrogens (tertiary/aromatic N) is 1. The number of fused-ring (bicyclic) bond motifs is 1. The zero-order chi connectivity index (χ0) is 16.1. The van der Waals surface area contributed by atoms with Gasteiger partial charge in [-0.3, -0.25) is 4.79 Å². The molecule has 0 aliphatic heterocycles. The molecule has 120 valence electrons. The molecule has 0 saturated heterocycles. The van der Waals surface area contributed by atoms with Crippen LogP contribution in [0.15, 0.2) is 4.79 Å². The number of aromatic amines is 1. The highest BCUT2D eigenvalue weighted by molar-refractivity contribution is 7.20. The van der Waals surface area contributed by atoms with Gasteiger partial charge in [-0.25, -0.2) is 9.78 Å². The van der Waals surface area contributed by atoms with Gasteiger partial charge in [-0.05, 0) is 18.9 Å². The van der Waals surface area contributed by atoms with Crippen LogP contribution in [0.1, 0.15) is 27.5 Å². The molecule has 0 radical (unpaired) electrons. The van der Waals surface area contributed by atoms with E-state index in [1.165, 1.54) is 18.4 Å². The van der Waals surface area contributed by atoms with Crippen LogP contribution in [0.25, 0.3) is 10.2 Å².